The van der Waals surface area contributed by atoms with Gasteiger partial charge in [0.25, 0.3) is 0 Å². The molecule has 3 nitrogen and oxygen atoms in total. The van der Waals surface area contributed by atoms with Crippen LogP contribution in [0.2, 0.25) is 0 Å². The second-order valence-electron chi connectivity index (χ2n) is 3.93. The van der Waals surface area contributed by atoms with Gasteiger partial charge in [-0.25, -0.2) is 9.97 Å². The summed E-state index contributed by atoms with van der Waals surface area (Å²) in [4.78, 5) is 8.81. The van der Waals surface area contributed by atoms with Crippen LogP contribution in [0.3, 0.4) is 0 Å². The van der Waals surface area contributed by atoms with Crippen molar-refractivity contribution in [1.82, 2.24) is 14.5 Å². The second-order valence-corrected chi connectivity index (χ2v) is 4.99. The Bertz CT molecular complexity index is 442. The maximum atomic E-state index is 4.46. The Morgan fingerprint density at radius 2 is 2.27 bits per heavy atom. The van der Waals surface area contributed by atoms with Gasteiger partial charge in [-0.1, -0.05) is 13.8 Å². The van der Waals surface area contributed by atoms with E-state index >= 15 is 0 Å². The van der Waals surface area contributed by atoms with E-state index in [0.29, 0.717) is 5.92 Å². The Morgan fingerprint density at radius 1 is 1.47 bits per heavy atom. The third-order valence-corrected chi connectivity index (χ3v) is 3.09. The number of rotatable bonds is 3. The first-order valence-corrected chi connectivity index (χ1v) is 5.97. The number of nitrogens with zero attached hydrogens (tertiary/aromatic N) is 3. The zero-order valence-electron chi connectivity index (χ0n) is 9.27. The Balaban J connectivity index is 2.20. The molecule has 0 bridgehead atoms. The van der Waals surface area contributed by atoms with Crippen LogP contribution in [0.1, 0.15) is 36.3 Å². The van der Waals surface area contributed by atoms with Gasteiger partial charge in [-0.3, -0.25) is 0 Å². The quantitative estimate of drug-likeness (QED) is 0.798. The molecule has 4 heteroatoms. The van der Waals surface area contributed by atoms with Gasteiger partial charge < -0.3 is 4.57 Å². The lowest BCUT2D eigenvalue weighted by Gasteiger charge is -2.08. The van der Waals surface area contributed by atoms with Crippen molar-refractivity contribution in [3.63, 3.8) is 0 Å². The first kappa shape index (κ1) is 10.4. The second kappa shape index (κ2) is 4.14. The molecule has 0 aliphatic heterocycles. The van der Waals surface area contributed by atoms with Crippen molar-refractivity contribution in [3.05, 3.63) is 34.3 Å². The van der Waals surface area contributed by atoms with E-state index in [1.807, 2.05) is 19.3 Å². The summed E-state index contributed by atoms with van der Waals surface area (Å²) in [5.74, 6) is 1.58. The Labute approximate surface area is 93.8 Å². The van der Waals surface area contributed by atoms with Crippen molar-refractivity contribution in [3.8, 4) is 0 Å². The molecule has 0 saturated carbocycles. The highest BCUT2D eigenvalue weighted by molar-refractivity contribution is 7.09. The van der Waals surface area contributed by atoms with Crippen LogP contribution in [0.5, 0.6) is 0 Å². The predicted octanol–water partition coefficient (Wildman–Crippen LogP) is 2.82. The summed E-state index contributed by atoms with van der Waals surface area (Å²) in [6, 6.07) is 0. The minimum absolute atomic E-state index is 0.458. The lowest BCUT2D eigenvalue weighted by molar-refractivity contribution is 0.662. The highest BCUT2D eigenvalue weighted by atomic mass is 32.1. The minimum Gasteiger partial charge on any atom is -0.329 e. The molecule has 2 aromatic heterocycles. The van der Waals surface area contributed by atoms with E-state index in [2.05, 4.69) is 33.8 Å². The smallest absolute Gasteiger partial charge is 0.111 e. The number of hydrogen-bond acceptors (Lipinski definition) is 3. The van der Waals surface area contributed by atoms with Gasteiger partial charge in [-0.05, 0) is 6.92 Å². The van der Waals surface area contributed by atoms with Crippen LogP contribution < -0.4 is 0 Å². The lowest BCUT2D eigenvalue weighted by atomic mass is 10.2. The fourth-order valence-electron chi connectivity index (χ4n) is 1.61. The van der Waals surface area contributed by atoms with Gasteiger partial charge in [0.2, 0.25) is 0 Å². The number of thiazole rings is 1. The van der Waals surface area contributed by atoms with Crippen molar-refractivity contribution in [2.24, 2.45) is 0 Å². The molecular formula is C11H15N3S. The third kappa shape index (κ3) is 2.26. The Kier molecular flexibility index (Phi) is 2.86. The number of hydrogen-bond donors (Lipinski definition) is 0. The van der Waals surface area contributed by atoms with Crippen molar-refractivity contribution in [2.45, 2.75) is 33.2 Å². The zero-order chi connectivity index (χ0) is 10.8. The first-order chi connectivity index (χ1) is 7.16. The standard InChI is InChI=1S/C11H15N3S/c1-8(2)11-12-4-5-14(11)6-10-7-15-9(3)13-10/h4-5,7-8H,6H2,1-3H3. The fourth-order valence-corrected chi connectivity index (χ4v) is 2.21. The summed E-state index contributed by atoms with van der Waals surface area (Å²) in [5.41, 5.74) is 1.12. The molecule has 0 unspecified atom stereocenters. The van der Waals surface area contributed by atoms with E-state index in [1.165, 1.54) is 0 Å². The Morgan fingerprint density at radius 3 is 2.87 bits per heavy atom. The molecule has 0 aliphatic rings. The summed E-state index contributed by atoms with van der Waals surface area (Å²) in [6.07, 6.45) is 3.87. The fraction of sp³-hybridized carbons (Fsp3) is 0.455. The average molecular weight is 221 g/mol. The van der Waals surface area contributed by atoms with Crippen LogP contribution in [-0.2, 0) is 6.54 Å². The lowest BCUT2D eigenvalue weighted by Crippen LogP contribution is -2.06. The molecule has 2 heterocycles. The molecule has 80 valence electrons. The first-order valence-electron chi connectivity index (χ1n) is 5.09. The summed E-state index contributed by atoms with van der Waals surface area (Å²) < 4.78 is 2.17. The number of aryl methyl sites for hydroxylation is 1. The summed E-state index contributed by atoms with van der Waals surface area (Å²) >= 11 is 1.70. The molecule has 2 aromatic rings. The molecule has 0 spiro atoms. The summed E-state index contributed by atoms with van der Waals surface area (Å²) in [6.45, 7) is 7.18. The van der Waals surface area contributed by atoms with Crippen LogP contribution >= 0.6 is 11.3 Å². The molecular weight excluding hydrogens is 206 g/mol. The van der Waals surface area contributed by atoms with Gasteiger partial charge in [0.05, 0.1) is 17.2 Å². The van der Waals surface area contributed by atoms with E-state index in [4.69, 9.17) is 0 Å². The zero-order valence-corrected chi connectivity index (χ0v) is 10.1. The molecule has 0 N–H and O–H groups in total. The number of imidazole rings is 1. The molecule has 0 aliphatic carbocycles. The topological polar surface area (TPSA) is 30.7 Å². The SMILES string of the molecule is Cc1nc(Cn2ccnc2C(C)C)cs1. The Hall–Kier alpha value is -1.16. The molecule has 0 fully saturated rings. The van der Waals surface area contributed by atoms with Crippen LogP contribution in [0, 0.1) is 6.92 Å². The van der Waals surface area contributed by atoms with Gasteiger partial charge >= 0.3 is 0 Å². The predicted molar refractivity (Wildman–Crippen MR) is 62.3 cm³/mol. The van der Waals surface area contributed by atoms with E-state index in [9.17, 15) is 0 Å². The average Bonchev–Trinajstić information content (AvgIpc) is 2.75. The van der Waals surface area contributed by atoms with Crippen LogP contribution in [-0.4, -0.2) is 14.5 Å². The molecule has 15 heavy (non-hydrogen) atoms. The third-order valence-electron chi connectivity index (χ3n) is 2.26. The van der Waals surface area contributed by atoms with Gasteiger partial charge in [0.1, 0.15) is 5.82 Å². The highest BCUT2D eigenvalue weighted by Gasteiger charge is 2.08. The largest absolute Gasteiger partial charge is 0.329 e. The van der Waals surface area contributed by atoms with Crippen LogP contribution in [0.25, 0.3) is 0 Å². The van der Waals surface area contributed by atoms with Gasteiger partial charge in [-0.2, -0.15) is 0 Å². The van der Waals surface area contributed by atoms with Crippen LogP contribution in [0.15, 0.2) is 17.8 Å². The van der Waals surface area contributed by atoms with Crippen LogP contribution in [0.4, 0.5) is 0 Å². The van der Waals surface area contributed by atoms with E-state index in [0.717, 1.165) is 23.1 Å². The molecule has 0 saturated heterocycles. The number of aromatic nitrogens is 3. The normalized spacial score (nSPS) is 11.2. The van der Waals surface area contributed by atoms with E-state index < -0.39 is 0 Å². The monoisotopic (exact) mass is 221 g/mol. The van der Waals surface area contributed by atoms with Gasteiger partial charge in [-0.15, -0.1) is 11.3 Å². The molecule has 2 rings (SSSR count). The van der Waals surface area contributed by atoms with Crippen molar-refractivity contribution >= 4 is 11.3 Å². The van der Waals surface area contributed by atoms with Crippen molar-refractivity contribution < 1.29 is 0 Å². The maximum Gasteiger partial charge on any atom is 0.111 e. The van der Waals surface area contributed by atoms with Crippen molar-refractivity contribution in [1.29, 1.82) is 0 Å². The highest BCUT2D eigenvalue weighted by Crippen LogP contribution is 2.15. The molecule has 0 aromatic carbocycles. The summed E-state index contributed by atoms with van der Waals surface area (Å²) in [5, 5.41) is 3.23. The summed E-state index contributed by atoms with van der Waals surface area (Å²) in [7, 11) is 0. The van der Waals surface area contributed by atoms with E-state index in [-0.39, 0.29) is 0 Å². The molecule has 0 atom stereocenters. The van der Waals surface area contributed by atoms with E-state index in [1.54, 1.807) is 11.3 Å². The van der Waals surface area contributed by atoms with Crippen molar-refractivity contribution in [2.75, 3.05) is 0 Å². The van der Waals surface area contributed by atoms with Gasteiger partial charge in [0.15, 0.2) is 0 Å². The van der Waals surface area contributed by atoms with Gasteiger partial charge in [0, 0.05) is 23.7 Å². The molecule has 0 amide bonds. The maximum absolute atomic E-state index is 4.46. The molecule has 0 radical (unpaired) electrons. The minimum atomic E-state index is 0.458.